The number of carbonyl (C=O) groups excluding carboxylic acids is 2. The van der Waals surface area contributed by atoms with Crippen molar-refractivity contribution in [3.05, 3.63) is 45.4 Å². The Kier molecular flexibility index (Phi) is 5.92. The second-order valence-electron chi connectivity index (χ2n) is 5.63. The van der Waals surface area contributed by atoms with Gasteiger partial charge in [0.15, 0.2) is 0 Å². The first kappa shape index (κ1) is 17.9. The lowest BCUT2D eigenvalue weighted by Gasteiger charge is -2.15. The fourth-order valence-corrected chi connectivity index (χ4v) is 2.95. The average Bonchev–Trinajstić information content (AvgIpc) is 2.84. The molecular formula is C17H22N4O2S. The number of benzene rings is 1. The number of nitrogens with one attached hydrogen (secondary N) is 2. The van der Waals surface area contributed by atoms with Crippen molar-refractivity contribution in [2.24, 2.45) is 0 Å². The minimum absolute atomic E-state index is 0.000130. The number of anilines is 1. The molecule has 128 valence electrons. The molecule has 0 aliphatic heterocycles. The first-order chi connectivity index (χ1) is 11.3. The summed E-state index contributed by atoms with van der Waals surface area (Å²) in [4.78, 5) is 30.5. The Morgan fingerprint density at radius 3 is 2.67 bits per heavy atom. The summed E-state index contributed by atoms with van der Waals surface area (Å²) in [6.45, 7) is 6.40. The van der Waals surface area contributed by atoms with Gasteiger partial charge in [0.1, 0.15) is 5.01 Å². The summed E-state index contributed by atoms with van der Waals surface area (Å²) in [5.41, 5.74) is 2.64. The molecule has 1 aromatic heterocycles. The van der Waals surface area contributed by atoms with Crippen LogP contribution in [0.15, 0.2) is 24.3 Å². The van der Waals surface area contributed by atoms with Crippen LogP contribution < -0.4 is 10.6 Å². The standard InChI is InChI=1S/C17H22N4O2S/c1-11-12(2)24-16(19-11)9-18-17(23)20-15-7-5-6-14(8-15)10-21(4)13(3)22/h5-8H,9-10H2,1-4H3,(H2,18,20,23). The van der Waals surface area contributed by atoms with Crippen molar-refractivity contribution >= 4 is 29.0 Å². The minimum Gasteiger partial charge on any atom is -0.342 e. The first-order valence-electron chi connectivity index (χ1n) is 7.63. The maximum absolute atomic E-state index is 12.0. The van der Waals surface area contributed by atoms with Gasteiger partial charge in [0.2, 0.25) is 5.91 Å². The highest BCUT2D eigenvalue weighted by Gasteiger charge is 2.08. The number of nitrogens with zero attached hydrogens (tertiary/aromatic N) is 2. The van der Waals surface area contributed by atoms with Crippen molar-refractivity contribution in [2.45, 2.75) is 33.9 Å². The molecule has 7 heteroatoms. The lowest BCUT2D eigenvalue weighted by molar-refractivity contribution is -0.128. The molecule has 0 bridgehead atoms. The van der Waals surface area contributed by atoms with Crippen LogP contribution in [0, 0.1) is 13.8 Å². The van der Waals surface area contributed by atoms with Crippen LogP contribution in [0.3, 0.4) is 0 Å². The molecule has 2 aromatic rings. The summed E-state index contributed by atoms with van der Waals surface area (Å²) in [5.74, 6) is 0.000130. The summed E-state index contributed by atoms with van der Waals surface area (Å²) in [6.07, 6.45) is 0. The van der Waals surface area contributed by atoms with Crippen LogP contribution in [0.25, 0.3) is 0 Å². The van der Waals surface area contributed by atoms with E-state index in [1.54, 1.807) is 23.3 Å². The Labute approximate surface area is 145 Å². The van der Waals surface area contributed by atoms with Crippen LogP contribution in [0.2, 0.25) is 0 Å². The number of aryl methyl sites for hydroxylation is 2. The van der Waals surface area contributed by atoms with Crippen molar-refractivity contribution in [3.63, 3.8) is 0 Å². The van der Waals surface area contributed by atoms with Crippen LogP contribution >= 0.6 is 11.3 Å². The molecule has 0 aliphatic rings. The largest absolute Gasteiger partial charge is 0.342 e. The third-order valence-electron chi connectivity index (χ3n) is 3.62. The van der Waals surface area contributed by atoms with Gasteiger partial charge in [-0.3, -0.25) is 4.79 Å². The SMILES string of the molecule is CC(=O)N(C)Cc1cccc(NC(=O)NCc2nc(C)c(C)s2)c1. The first-order valence-corrected chi connectivity index (χ1v) is 8.45. The van der Waals surface area contributed by atoms with E-state index in [1.807, 2.05) is 38.1 Å². The lowest BCUT2D eigenvalue weighted by Crippen LogP contribution is -2.28. The Morgan fingerprint density at radius 1 is 1.29 bits per heavy atom. The highest BCUT2D eigenvalue weighted by atomic mass is 32.1. The number of amides is 3. The summed E-state index contributed by atoms with van der Waals surface area (Å²) in [7, 11) is 1.74. The van der Waals surface area contributed by atoms with Gasteiger partial charge in [-0.2, -0.15) is 0 Å². The van der Waals surface area contributed by atoms with E-state index in [1.165, 1.54) is 6.92 Å². The van der Waals surface area contributed by atoms with E-state index in [9.17, 15) is 9.59 Å². The van der Waals surface area contributed by atoms with Gasteiger partial charge >= 0.3 is 6.03 Å². The molecule has 0 aliphatic carbocycles. The molecule has 0 spiro atoms. The van der Waals surface area contributed by atoms with E-state index in [-0.39, 0.29) is 11.9 Å². The van der Waals surface area contributed by atoms with Gasteiger partial charge in [0, 0.05) is 31.1 Å². The zero-order valence-electron chi connectivity index (χ0n) is 14.3. The van der Waals surface area contributed by atoms with Crippen LogP contribution in [-0.2, 0) is 17.9 Å². The molecule has 24 heavy (non-hydrogen) atoms. The molecule has 6 nitrogen and oxygen atoms in total. The van der Waals surface area contributed by atoms with Gasteiger partial charge in [0.05, 0.1) is 12.2 Å². The summed E-state index contributed by atoms with van der Waals surface area (Å²) in [5, 5.41) is 6.49. The molecule has 0 radical (unpaired) electrons. The van der Waals surface area contributed by atoms with E-state index in [4.69, 9.17) is 0 Å². The highest BCUT2D eigenvalue weighted by molar-refractivity contribution is 7.11. The van der Waals surface area contributed by atoms with E-state index in [0.29, 0.717) is 18.8 Å². The van der Waals surface area contributed by atoms with Crippen LogP contribution in [0.5, 0.6) is 0 Å². The molecule has 0 atom stereocenters. The van der Waals surface area contributed by atoms with Crippen molar-refractivity contribution in [1.29, 1.82) is 0 Å². The normalized spacial score (nSPS) is 10.3. The third kappa shape index (κ3) is 5.06. The van der Waals surface area contributed by atoms with Gasteiger partial charge in [-0.1, -0.05) is 12.1 Å². The summed E-state index contributed by atoms with van der Waals surface area (Å²) in [6, 6.07) is 7.17. The smallest absolute Gasteiger partial charge is 0.319 e. The molecule has 0 saturated carbocycles. The van der Waals surface area contributed by atoms with Crippen molar-refractivity contribution < 1.29 is 9.59 Å². The Hall–Kier alpha value is -2.41. The quantitative estimate of drug-likeness (QED) is 0.874. The van der Waals surface area contributed by atoms with E-state index >= 15 is 0 Å². The molecule has 0 fully saturated rings. The number of aromatic nitrogens is 1. The fourth-order valence-electron chi connectivity index (χ4n) is 2.08. The zero-order chi connectivity index (χ0) is 17.7. The number of rotatable bonds is 5. The number of thiazole rings is 1. The molecule has 1 heterocycles. The van der Waals surface area contributed by atoms with Gasteiger partial charge in [-0.25, -0.2) is 9.78 Å². The molecule has 0 unspecified atom stereocenters. The van der Waals surface area contributed by atoms with Crippen molar-refractivity contribution in [3.8, 4) is 0 Å². The Morgan fingerprint density at radius 2 is 2.04 bits per heavy atom. The number of hydrogen-bond donors (Lipinski definition) is 2. The zero-order valence-corrected chi connectivity index (χ0v) is 15.2. The van der Waals surface area contributed by atoms with E-state index in [2.05, 4.69) is 15.6 Å². The van der Waals surface area contributed by atoms with Crippen LogP contribution in [0.4, 0.5) is 10.5 Å². The molecule has 0 saturated heterocycles. The van der Waals surface area contributed by atoms with Gasteiger partial charge in [0.25, 0.3) is 0 Å². The van der Waals surface area contributed by atoms with Crippen LogP contribution in [0.1, 0.15) is 28.1 Å². The molecular weight excluding hydrogens is 324 g/mol. The molecule has 2 rings (SSSR count). The van der Waals surface area contributed by atoms with Gasteiger partial charge in [-0.15, -0.1) is 11.3 Å². The lowest BCUT2D eigenvalue weighted by atomic mass is 10.2. The maximum atomic E-state index is 12.0. The number of hydrogen-bond acceptors (Lipinski definition) is 4. The van der Waals surface area contributed by atoms with E-state index in [0.717, 1.165) is 21.1 Å². The summed E-state index contributed by atoms with van der Waals surface area (Å²) < 4.78 is 0. The van der Waals surface area contributed by atoms with Crippen molar-refractivity contribution in [1.82, 2.24) is 15.2 Å². The number of carbonyl (C=O) groups is 2. The third-order valence-corrected chi connectivity index (χ3v) is 4.69. The highest BCUT2D eigenvalue weighted by Crippen LogP contribution is 2.16. The molecule has 1 aromatic carbocycles. The van der Waals surface area contributed by atoms with Crippen molar-refractivity contribution in [2.75, 3.05) is 12.4 Å². The second kappa shape index (κ2) is 7.92. The average molecular weight is 346 g/mol. The van der Waals surface area contributed by atoms with Crippen LogP contribution in [-0.4, -0.2) is 28.9 Å². The summed E-state index contributed by atoms with van der Waals surface area (Å²) >= 11 is 1.58. The monoisotopic (exact) mass is 346 g/mol. The number of urea groups is 1. The fraction of sp³-hybridized carbons (Fsp3) is 0.353. The topological polar surface area (TPSA) is 74.3 Å². The van der Waals surface area contributed by atoms with E-state index < -0.39 is 0 Å². The molecule has 3 amide bonds. The predicted octanol–water partition coefficient (Wildman–Crippen LogP) is 3.06. The molecule has 2 N–H and O–H groups in total. The second-order valence-corrected chi connectivity index (χ2v) is 6.92. The van der Waals surface area contributed by atoms with Gasteiger partial charge < -0.3 is 15.5 Å². The Bertz CT molecular complexity index is 722. The van der Waals surface area contributed by atoms with Gasteiger partial charge in [-0.05, 0) is 31.5 Å². The predicted molar refractivity (Wildman–Crippen MR) is 96.0 cm³/mol. The maximum Gasteiger partial charge on any atom is 0.319 e. The minimum atomic E-state index is -0.280. The Balaban J connectivity index is 1.90.